The van der Waals surface area contributed by atoms with E-state index >= 15 is 0 Å². The summed E-state index contributed by atoms with van der Waals surface area (Å²) >= 11 is 0. The second-order valence-electron chi connectivity index (χ2n) is 8.50. The van der Waals surface area contributed by atoms with Crippen molar-refractivity contribution in [1.29, 1.82) is 0 Å². The molecule has 0 unspecified atom stereocenters. The lowest BCUT2D eigenvalue weighted by atomic mass is 9.94. The van der Waals surface area contributed by atoms with Crippen molar-refractivity contribution in [2.75, 3.05) is 55.6 Å². The summed E-state index contributed by atoms with van der Waals surface area (Å²) in [7, 11) is 0. The number of nitrogens with zero attached hydrogens (tertiary/aromatic N) is 3. The monoisotopic (exact) mass is 445 g/mol. The summed E-state index contributed by atoms with van der Waals surface area (Å²) in [5, 5.41) is 0. The van der Waals surface area contributed by atoms with Crippen LogP contribution in [0.5, 0.6) is 0 Å². The number of carbonyl (C=O) groups excluding carboxylic acids is 1. The smallest absolute Gasteiger partial charge is 0.187 e. The Bertz CT molecular complexity index is 887. The molecule has 3 rings (SSSR count). The number of benzene rings is 2. The van der Waals surface area contributed by atoms with E-state index in [1.807, 2.05) is 0 Å². The lowest BCUT2D eigenvalue weighted by molar-refractivity contribution is -0.113. The molecule has 0 aromatic heterocycles. The third kappa shape index (κ3) is 6.14. The number of hydrogen-bond donors (Lipinski definition) is 0. The lowest BCUT2D eigenvalue weighted by Crippen LogP contribution is -2.37. The molecule has 1 saturated heterocycles. The van der Waals surface area contributed by atoms with Crippen LogP contribution < -0.4 is 9.80 Å². The van der Waals surface area contributed by atoms with Crippen LogP contribution in [0.4, 0.5) is 11.4 Å². The average Bonchev–Trinajstić information content (AvgIpc) is 2.85. The zero-order valence-electron chi connectivity index (χ0n) is 21.0. The van der Waals surface area contributed by atoms with Gasteiger partial charge in [0.1, 0.15) is 0 Å². The Labute approximate surface area is 200 Å². The minimum absolute atomic E-state index is 0.167. The second kappa shape index (κ2) is 11.9. The predicted octanol–water partition coefficient (Wildman–Crippen LogP) is 5.75. The van der Waals surface area contributed by atoms with Crippen molar-refractivity contribution in [1.82, 2.24) is 4.90 Å². The van der Waals surface area contributed by atoms with Crippen molar-refractivity contribution in [3.63, 3.8) is 0 Å². The summed E-state index contributed by atoms with van der Waals surface area (Å²) in [5.74, 6) is 0.167. The predicted molar refractivity (Wildman–Crippen MR) is 143 cm³/mol. The summed E-state index contributed by atoms with van der Waals surface area (Å²) in [6.07, 6.45) is 4.13. The first-order valence-electron chi connectivity index (χ1n) is 12.4. The molecule has 0 saturated carbocycles. The molecular formula is C29H39N3O. The number of hydrogen-bond acceptors (Lipinski definition) is 4. The number of anilines is 2. The zero-order chi connectivity index (χ0) is 23.8. The van der Waals surface area contributed by atoms with Crippen molar-refractivity contribution in [2.24, 2.45) is 0 Å². The Balaban J connectivity index is 1.84. The van der Waals surface area contributed by atoms with Gasteiger partial charge in [-0.15, -0.1) is 0 Å². The maximum atomic E-state index is 13.4. The van der Waals surface area contributed by atoms with Gasteiger partial charge >= 0.3 is 0 Å². The van der Waals surface area contributed by atoms with Gasteiger partial charge in [0.05, 0.1) is 0 Å². The summed E-state index contributed by atoms with van der Waals surface area (Å²) in [6, 6.07) is 17.1. The van der Waals surface area contributed by atoms with E-state index in [9.17, 15) is 4.79 Å². The SMILES string of the molecule is CCN1C/C(=C/c2ccc(N(CC)CC)cc2)C(=O)/C(=C\c2ccc(N(CC)CC)cc2)C1. The van der Waals surface area contributed by atoms with Crippen LogP contribution in [0.15, 0.2) is 59.7 Å². The Morgan fingerprint density at radius 2 is 1.03 bits per heavy atom. The van der Waals surface area contributed by atoms with Crippen LogP contribution in [0.3, 0.4) is 0 Å². The van der Waals surface area contributed by atoms with Crippen LogP contribution in [0, 0.1) is 0 Å². The third-order valence-electron chi connectivity index (χ3n) is 6.54. The molecule has 33 heavy (non-hydrogen) atoms. The fourth-order valence-electron chi connectivity index (χ4n) is 4.48. The third-order valence-corrected chi connectivity index (χ3v) is 6.54. The Morgan fingerprint density at radius 3 is 1.33 bits per heavy atom. The van der Waals surface area contributed by atoms with Gasteiger partial charge in [0, 0.05) is 61.8 Å². The van der Waals surface area contributed by atoms with Gasteiger partial charge in [-0.25, -0.2) is 0 Å². The molecule has 2 aromatic carbocycles. The number of likely N-dealkylation sites (tertiary alicyclic amines) is 1. The number of ketones is 1. The molecule has 0 atom stereocenters. The van der Waals surface area contributed by atoms with Gasteiger partial charge in [-0.1, -0.05) is 31.2 Å². The summed E-state index contributed by atoms with van der Waals surface area (Å²) < 4.78 is 0. The molecule has 2 aromatic rings. The number of likely N-dealkylation sites (N-methyl/N-ethyl adjacent to an activating group) is 1. The Kier molecular flexibility index (Phi) is 8.90. The van der Waals surface area contributed by atoms with Crippen molar-refractivity contribution in [2.45, 2.75) is 34.6 Å². The van der Waals surface area contributed by atoms with E-state index in [1.54, 1.807) is 0 Å². The first-order chi connectivity index (χ1) is 16.0. The van der Waals surface area contributed by atoms with E-state index in [4.69, 9.17) is 0 Å². The van der Waals surface area contributed by atoms with E-state index in [1.165, 1.54) is 11.4 Å². The molecule has 0 amide bonds. The zero-order valence-corrected chi connectivity index (χ0v) is 21.0. The summed E-state index contributed by atoms with van der Waals surface area (Å²) in [6.45, 7) is 17.1. The van der Waals surface area contributed by atoms with Gasteiger partial charge in [0.2, 0.25) is 0 Å². The highest BCUT2D eigenvalue weighted by Crippen LogP contribution is 2.24. The van der Waals surface area contributed by atoms with Crippen LogP contribution >= 0.6 is 0 Å². The van der Waals surface area contributed by atoms with Gasteiger partial charge in [-0.05, 0) is 81.8 Å². The molecule has 1 fully saturated rings. The fourth-order valence-corrected chi connectivity index (χ4v) is 4.48. The van der Waals surface area contributed by atoms with Crippen LogP contribution in [-0.4, -0.2) is 56.5 Å². The largest absolute Gasteiger partial charge is 0.372 e. The fraction of sp³-hybridized carbons (Fsp3) is 0.414. The normalized spacial score (nSPS) is 17.1. The Hall–Kier alpha value is -2.85. The minimum Gasteiger partial charge on any atom is -0.372 e. The first-order valence-corrected chi connectivity index (χ1v) is 12.4. The molecule has 0 aliphatic carbocycles. The number of carbonyl (C=O) groups is 1. The number of Topliss-reactive ketones (excluding diaryl/α,β-unsaturated/α-hetero) is 1. The van der Waals surface area contributed by atoms with E-state index in [0.717, 1.165) is 55.0 Å². The highest BCUT2D eigenvalue weighted by molar-refractivity contribution is 6.14. The summed E-state index contributed by atoms with van der Waals surface area (Å²) in [4.78, 5) is 20.3. The highest BCUT2D eigenvalue weighted by Gasteiger charge is 2.25. The van der Waals surface area contributed by atoms with E-state index in [-0.39, 0.29) is 5.78 Å². The molecule has 1 aliphatic heterocycles. The van der Waals surface area contributed by atoms with Crippen molar-refractivity contribution in [3.05, 3.63) is 70.8 Å². The molecule has 0 bridgehead atoms. The van der Waals surface area contributed by atoms with Crippen molar-refractivity contribution >= 4 is 29.3 Å². The minimum atomic E-state index is 0.167. The molecule has 4 nitrogen and oxygen atoms in total. The second-order valence-corrected chi connectivity index (χ2v) is 8.50. The van der Waals surface area contributed by atoms with E-state index in [2.05, 4.69) is 110 Å². The van der Waals surface area contributed by atoms with Crippen LogP contribution in [-0.2, 0) is 4.79 Å². The van der Waals surface area contributed by atoms with Gasteiger partial charge in [0.15, 0.2) is 5.78 Å². The number of piperidine rings is 1. The quantitative estimate of drug-likeness (QED) is 0.459. The first kappa shape index (κ1) is 24.8. The van der Waals surface area contributed by atoms with Crippen LogP contribution in [0.1, 0.15) is 45.7 Å². The number of rotatable bonds is 9. The molecule has 0 radical (unpaired) electrons. The van der Waals surface area contributed by atoms with Crippen molar-refractivity contribution < 1.29 is 4.79 Å². The summed E-state index contributed by atoms with van der Waals surface area (Å²) in [5.41, 5.74) is 6.33. The highest BCUT2D eigenvalue weighted by atomic mass is 16.1. The molecule has 176 valence electrons. The van der Waals surface area contributed by atoms with E-state index in [0.29, 0.717) is 13.1 Å². The van der Waals surface area contributed by atoms with Gasteiger partial charge in [0.25, 0.3) is 0 Å². The maximum absolute atomic E-state index is 13.4. The molecule has 0 N–H and O–H groups in total. The molecule has 1 heterocycles. The van der Waals surface area contributed by atoms with Gasteiger partial charge < -0.3 is 9.80 Å². The topological polar surface area (TPSA) is 26.8 Å². The standard InChI is InChI=1S/C29H39N3O/c1-6-30-21-25(19-23-11-15-27(16-12-23)31(7-2)8-3)29(33)26(22-30)20-24-13-17-28(18-14-24)32(9-4)10-5/h11-20H,6-10,21-22H2,1-5H3/b25-19-,26-20-. The molecular weight excluding hydrogens is 406 g/mol. The average molecular weight is 446 g/mol. The van der Waals surface area contributed by atoms with E-state index < -0.39 is 0 Å². The Morgan fingerprint density at radius 1 is 0.667 bits per heavy atom. The molecule has 0 spiro atoms. The van der Waals surface area contributed by atoms with Gasteiger partial charge in [-0.3, -0.25) is 9.69 Å². The lowest BCUT2D eigenvalue weighted by Gasteiger charge is -2.28. The van der Waals surface area contributed by atoms with Crippen molar-refractivity contribution in [3.8, 4) is 0 Å². The van der Waals surface area contributed by atoms with Gasteiger partial charge in [-0.2, -0.15) is 0 Å². The molecule has 4 heteroatoms. The van der Waals surface area contributed by atoms with Crippen LogP contribution in [0.2, 0.25) is 0 Å². The van der Waals surface area contributed by atoms with Crippen LogP contribution in [0.25, 0.3) is 12.2 Å². The molecule has 1 aliphatic rings. The maximum Gasteiger partial charge on any atom is 0.187 e.